The number of rotatable bonds is 5. The number of pyridine rings is 1. The Morgan fingerprint density at radius 3 is 2.68 bits per heavy atom. The van der Waals surface area contributed by atoms with E-state index >= 15 is 0 Å². The summed E-state index contributed by atoms with van der Waals surface area (Å²) in [7, 11) is -3.94. The molecule has 1 aliphatic heterocycles. The molecule has 6 nitrogen and oxygen atoms in total. The van der Waals surface area contributed by atoms with E-state index in [0.717, 1.165) is 35.7 Å². The number of aromatic nitrogens is 3. The van der Waals surface area contributed by atoms with Crippen LogP contribution in [0.2, 0.25) is 0 Å². The maximum Gasteiger partial charge on any atom is 0.243 e. The fourth-order valence-corrected chi connectivity index (χ4v) is 5.33. The summed E-state index contributed by atoms with van der Waals surface area (Å²) in [6.07, 6.45) is 3.01. The van der Waals surface area contributed by atoms with E-state index in [1.54, 1.807) is 6.20 Å². The molecule has 0 spiro atoms. The zero-order valence-electron chi connectivity index (χ0n) is 15.3. The Morgan fingerprint density at radius 1 is 1.21 bits per heavy atom. The van der Waals surface area contributed by atoms with E-state index in [9.17, 15) is 17.2 Å². The third kappa shape index (κ3) is 3.40. The van der Waals surface area contributed by atoms with Crippen molar-refractivity contribution < 1.29 is 17.2 Å². The molecule has 3 heterocycles. The molecule has 3 aromatic rings. The third-order valence-electron chi connectivity index (χ3n) is 5.09. The minimum absolute atomic E-state index is 0.0790. The zero-order valence-corrected chi connectivity index (χ0v) is 16.2. The SMILES string of the molecule is CCn1c(CC2CCN(S(=O)(=O)c3cc(F)cc(F)c3)C2)nc2cccnc21. The largest absolute Gasteiger partial charge is 0.313 e. The third-order valence-corrected chi connectivity index (χ3v) is 6.94. The second kappa shape index (κ2) is 7.21. The molecular formula is C19H20F2N4O2S. The van der Waals surface area contributed by atoms with Crippen LogP contribution < -0.4 is 0 Å². The first-order valence-corrected chi connectivity index (χ1v) is 10.6. The van der Waals surface area contributed by atoms with Crippen molar-refractivity contribution in [3.05, 3.63) is 54.0 Å². The van der Waals surface area contributed by atoms with Gasteiger partial charge in [-0.05, 0) is 43.5 Å². The van der Waals surface area contributed by atoms with E-state index in [1.165, 1.54) is 4.31 Å². The van der Waals surface area contributed by atoms with E-state index in [0.29, 0.717) is 32.0 Å². The lowest BCUT2D eigenvalue weighted by atomic mass is 10.0. The van der Waals surface area contributed by atoms with Gasteiger partial charge in [0, 0.05) is 38.3 Å². The van der Waals surface area contributed by atoms with Crippen molar-refractivity contribution >= 4 is 21.2 Å². The molecule has 0 aliphatic carbocycles. The van der Waals surface area contributed by atoms with Gasteiger partial charge in [0.05, 0.1) is 4.90 Å². The van der Waals surface area contributed by atoms with Crippen LogP contribution in [0.5, 0.6) is 0 Å². The van der Waals surface area contributed by atoms with Gasteiger partial charge in [0.15, 0.2) is 5.65 Å². The van der Waals surface area contributed by atoms with Gasteiger partial charge >= 0.3 is 0 Å². The van der Waals surface area contributed by atoms with Crippen molar-refractivity contribution in [1.82, 2.24) is 18.8 Å². The normalized spacial score (nSPS) is 18.2. The maximum atomic E-state index is 13.5. The van der Waals surface area contributed by atoms with Crippen molar-refractivity contribution in [1.29, 1.82) is 0 Å². The lowest BCUT2D eigenvalue weighted by Crippen LogP contribution is -2.29. The van der Waals surface area contributed by atoms with Crippen molar-refractivity contribution in [3.63, 3.8) is 0 Å². The predicted octanol–water partition coefficient (Wildman–Crippen LogP) is 2.98. The van der Waals surface area contributed by atoms with Gasteiger partial charge in [-0.3, -0.25) is 0 Å². The number of hydrogen-bond donors (Lipinski definition) is 0. The van der Waals surface area contributed by atoms with Crippen LogP contribution in [0.4, 0.5) is 8.78 Å². The standard InChI is InChI=1S/C19H20F2N4O2S/c1-2-25-18(23-17-4-3-6-22-19(17)25)8-13-5-7-24(12-13)28(26,27)16-10-14(20)9-15(21)11-16/h3-4,6,9-11,13H,2,5,7-8,12H2,1H3. The second-order valence-corrected chi connectivity index (χ2v) is 8.88. The monoisotopic (exact) mass is 406 g/mol. The van der Waals surface area contributed by atoms with Crippen LogP contribution in [0.1, 0.15) is 19.2 Å². The van der Waals surface area contributed by atoms with Crippen LogP contribution in [0.15, 0.2) is 41.4 Å². The van der Waals surface area contributed by atoms with Gasteiger partial charge in [-0.1, -0.05) is 0 Å². The van der Waals surface area contributed by atoms with Crippen molar-refractivity contribution in [2.75, 3.05) is 13.1 Å². The average molecular weight is 406 g/mol. The first-order valence-electron chi connectivity index (χ1n) is 9.15. The van der Waals surface area contributed by atoms with E-state index in [4.69, 9.17) is 0 Å². The molecule has 1 saturated heterocycles. The molecule has 1 aromatic carbocycles. The first kappa shape index (κ1) is 18.9. The molecule has 4 rings (SSSR count). The molecule has 0 amide bonds. The highest BCUT2D eigenvalue weighted by Crippen LogP contribution is 2.28. The molecule has 0 N–H and O–H groups in total. The molecule has 1 unspecified atom stereocenters. The summed E-state index contributed by atoms with van der Waals surface area (Å²) in [6, 6.07) is 6.11. The summed E-state index contributed by atoms with van der Waals surface area (Å²) in [6.45, 7) is 3.35. The van der Waals surface area contributed by atoms with E-state index in [-0.39, 0.29) is 10.8 Å². The van der Waals surface area contributed by atoms with Crippen LogP contribution in [0.3, 0.4) is 0 Å². The lowest BCUT2D eigenvalue weighted by Gasteiger charge is -2.17. The summed E-state index contributed by atoms with van der Waals surface area (Å²) in [5.41, 5.74) is 1.63. The van der Waals surface area contributed by atoms with Gasteiger partial charge in [0.1, 0.15) is 23.0 Å². The van der Waals surface area contributed by atoms with Crippen molar-refractivity contribution in [3.8, 4) is 0 Å². The van der Waals surface area contributed by atoms with Gasteiger partial charge in [0.25, 0.3) is 0 Å². The number of halogens is 2. The number of benzene rings is 1. The molecular weight excluding hydrogens is 386 g/mol. The number of imidazole rings is 1. The van der Waals surface area contributed by atoms with Crippen molar-refractivity contribution in [2.45, 2.75) is 31.2 Å². The Morgan fingerprint density at radius 2 is 1.96 bits per heavy atom. The predicted molar refractivity (Wildman–Crippen MR) is 100 cm³/mol. The first-order chi connectivity index (χ1) is 13.4. The molecule has 1 atom stereocenters. The molecule has 2 aromatic heterocycles. The van der Waals surface area contributed by atoms with Crippen LogP contribution in [0, 0.1) is 17.6 Å². The Labute approximate surface area is 161 Å². The highest BCUT2D eigenvalue weighted by Gasteiger charge is 2.34. The number of sulfonamides is 1. The number of hydrogen-bond acceptors (Lipinski definition) is 4. The van der Waals surface area contributed by atoms with Gasteiger partial charge in [-0.25, -0.2) is 27.2 Å². The highest BCUT2D eigenvalue weighted by atomic mass is 32.2. The summed E-state index contributed by atoms with van der Waals surface area (Å²) in [5, 5.41) is 0. The van der Waals surface area contributed by atoms with E-state index in [1.807, 2.05) is 23.6 Å². The van der Waals surface area contributed by atoms with E-state index < -0.39 is 21.7 Å². The minimum Gasteiger partial charge on any atom is -0.313 e. The van der Waals surface area contributed by atoms with Crippen molar-refractivity contribution in [2.24, 2.45) is 5.92 Å². The van der Waals surface area contributed by atoms with Crippen LogP contribution in [0.25, 0.3) is 11.2 Å². The molecule has 1 aliphatic rings. The topological polar surface area (TPSA) is 68.1 Å². The summed E-state index contributed by atoms with van der Waals surface area (Å²) in [4.78, 5) is 8.68. The Bertz CT molecular complexity index is 1110. The quantitative estimate of drug-likeness (QED) is 0.653. The smallest absolute Gasteiger partial charge is 0.243 e. The highest BCUT2D eigenvalue weighted by molar-refractivity contribution is 7.89. The zero-order chi connectivity index (χ0) is 19.9. The molecule has 0 radical (unpaired) electrons. The summed E-state index contributed by atoms with van der Waals surface area (Å²) >= 11 is 0. The Kier molecular flexibility index (Phi) is 4.88. The molecule has 0 bridgehead atoms. The second-order valence-electron chi connectivity index (χ2n) is 6.95. The molecule has 1 fully saturated rings. The minimum atomic E-state index is -3.94. The van der Waals surface area contributed by atoms with Crippen LogP contribution in [-0.2, 0) is 23.0 Å². The molecule has 28 heavy (non-hydrogen) atoms. The van der Waals surface area contributed by atoms with Gasteiger partial charge in [0.2, 0.25) is 10.0 Å². The van der Waals surface area contributed by atoms with Crippen LogP contribution >= 0.6 is 0 Å². The summed E-state index contributed by atoms with van der Waals surface area (Å²) in [5.74, 6) is -0.857. The van der Waals surface area contributed by atoms with E-state index in [2.05, 4.69) is 9.97 Å². The fraction of sp³-hybridized carbons (Fsp3) is 0.368. The van der Waals surface area contributed by atoms with Gasteiger partial charge < -0.3 is 4.57 Å². The summed E-state index contributed by atoms with van der Waals surface area (Å²) < 4.78 is 55.8. The van der Waals surface area contributed by atoms with Crippen LogP contribution in [-0.4, -0.2) is 40.3 Å². The number of fused-ring (bicyclic) bond motifs is 1. The maximum absolute atomic E-state index is 13.5. The fourth-order valence-electron chi connectivity index (χ4n) is 3.76. The number of aryl methyl sites for hydroxylation is 1. The molecule has 0 saturated carbocycles. The lowest BCUT2D eigenvalue weighted by molar-refractivity contribution is 0.449. The van der Waals surface area contributed by atoms with Gasteiger partial charge in [-0.2, -0.15) is 4.31 Å². The number of nitrogens with zero attached hydrogens (tertiary/aromatic N) is 4. The molecule has 148 valence electrons. The Hall–Kier alpha value is -2.39. The Balaban J connectivity index is 1.55. The average Bonchev–Trinajstić information content (AvgIpc) is 3.25. The van der Waals surface area contributed by atoms with Gasteiger partial charge in [-0.15, -0.1) is 0 Å². The molecule has 9 heteroatoms.